The smallest absolute Gasteiger partial charge is 0.0418 e. The van der Waals surface area contributed by atoms with Gasteiger partial charge in [0.1, 0.15) is 0 Å². The molecule has 0 radical (unpaired) electrons. The highest BCUT2D eigenvalue weighted by molar-refractivity contribution is 7.98. The van der Waals surface area contributed by atoms with Gasteiger partial charge in [-0.05, 0) is 65.6 Å². The summed E-state index contributed by atoms with van der Waals surface area (Å²) in [5.74, 6) is 2.52. The molecule has 0 saturated heterocycles. The molecule has 4 heteroatoms. The maximum absolute atomic E-state index is 3.68. The molecular formula is C16H21NS3. The summed E-state index contributed by atoms with van der Waals surface area (Å²) in [4.78, 5) is 3.19. The molecule has 0 aliphatic carbocycles. The molecule has 1 nitrogen and oxygen atoms in total. The molecule has 0 aromatic carbocycles. The molecule has 0 saturated carbocycles. The fourth-order valence-electron chi connectivity index (χ4n) is 2.68. The minimum absolute atomic E-state index is 0.528. The average molecular weight is 324 g/mol. The van der Waals surface area contributed by atoms with Crippen molar-refractivity contribution < 1.29 is 0 Å². The number of rotatable bonds is 6. The number of nitrogens with one attached hydrogen (secondary N) is 1. The molecule has 0 fully saturated rings. The summed E-state index contributed by atoms with van der Waals surface area (Å²) < 4.78 is 0. The predicted octanol–water partition coefficient (Wildman–Crippen LogP) is 4.88. The van der Waals surface area contributed by atoms with E-state index < -0.39 is 0 Å². The number of thioether (sulfide) groups is 1. The van der Waals surface area contributed by atoms with Crippen molar-refractivity contribution >= 4 is 34.4 Å². The number of aryl methyl sites for hydroxylation is 2. The van der Waals surface area contributed by atoms with E-state index in [-0.39, 0.29) is 0 Å². The summed E-state index contributed by atoms with van der Waals surface area (Å²) >= 11 is 5.92. The van der Waals surface area contributed by atoms with Crippen LogP contribution in [0.25, 0.3) is 0 Å². The van der Waals surface area contributed by atoms with Crippen LogP contribution in [-0.2, 0) is 18.6 Å². The highest BCUT2D eigenvalue weighted by atomic mass is 32.2. The first-order valence-corrected chi connectivity index (χ1v) is 10.2. The number of fused-ring (bicyclic) bond motifs is 1. The maximum atomic E-state index is 3.68. The van der Waals surface area contributed by atoms with E-state index in [1.54, 1.807) is 26.7 Å². The van der Waals surface area contributed by atoms with E-state index in [1.165, 1.54) is 36.3 Å². The molecule has 0 spiro atoms. The molecule has 1 aliphatic heterocycles. The Morgan fingerprint density at radius 3 is 3.10 bits per heavy atom. The van der Waals surface area contributed by atoms with Crippen LogP contribution in [0, 0.1) is 0 Å². The van der Waals surface area contributed by atoms with Crippen LogP contribution in [0.5, 0.6) is 0 Å². The van der Waals surface area contributed by atoms with Gasteiger partial charge >= 0.3 is 0 Å². The van der Waals surface area contributed by atoms with Crippen LogP contribution in [0.15, 0.2) is 22.9 Å². The summed E-state index contributed by atoms with van der Waals surface area (Å²) in [6, 6.07) is 5.25. The molecule has 0 bridgehead atoms. The molecule has 3 rings (SSSR count). The zero-order valence-corrected chi connectivity index (χ0v) is 14.3. The van der Waals surface area contributed by atoms with Crippen molar-refractivity contribution in [2.45, 2.75) is 38.0 Å². The van der Waals surface area contributed by atoms with Crippen molar-refractivity contribution in [3.8, 4) is 0 Å². The monoisotopic (exact) mass is 323 g/mol. The second-order valence-electron chi connectivity index (χ2n) is 5.18. The lowest BCUT2D eigenvalue weighted by atomic mass is 10.1. The Morgan fingerprint density at radius 2 is 2.35 bits per heavy atom. The SMILES string of the molecule is CCNC(CCc1ccsc1)c1cc2c(s1)CCSC2. The van der Waals surface area contributed by atoms with Gasteiger partial charge in [-0.3, -0.25) is 0 Å². The summed E-state index contributed by atoms with van der Waals surface area (Å²) in [7, 11) is 0. The van der Waals surface area contributed by atoms with Crippen molar-refractivity contribution in [1.29, 1.82) is 0 Å². The molecule has 1 N–H and O–H groups in total. The molecule has 1 atom stereocenters. The normalized spacial score (nSPS) is 16.1. The number of hydrogen-bond acceptors (Lipinski definition) is 4. The van der Waals surface area contributed by atoms with Crippen LogP contribution < -0.4 is 5.32 Å². The van der Waals surface area contributed by atoms with Crippen molar-refractivity contribution in [3.63, 3.8) is 0 Å². The summed E-state index contributed by atoms with van der Waals surface area (Å²) in [6.45, 7) is 3.26. The minimum atomic E-state index is 0.528. The molecule has 108 valence electrons. The fourth-order valence-corrected chi connectivity index (χ4v) is 5.87. The van der Waals surface area contributed by atoms with Gasteiger partial charge in [0, 0.05) is 21.5 Å². The third-order valence-corrected chi connectivity index (χ3v) is 6.83. The molecule has 1 unspecified atom stereocenters. The first-order valence-electron chi connectivity index (χ1n) is 7.30. The van der Waals surface area contributed by atoms with Gasteiger partial charge in [0.15, 0.2) is 0 Å². The van der Waals surface area contributed by atoms with Crippen LogP contribution in [0.2, 0.25) is 0 Å². The molecule has 1 aliphatic rings. The Morgan fingerprint density at radius 1 is 1.40 bits per heavy atom. The Bertz CT molecular complexity index is 506. The van der Waals surface area contributed by atoms with E-state index in [2.05, 4.69) is 46.9 Å². The van der Waals surface area contributed by atoms with Gasteiger partial charge in [-0.25, -0.2) is 0 Å². The third kappa shape index (κ3) is 3.48. The van der Waals surface area contributed by atoms with Crippen LogP contribution in [-0.4, -0.2) is 12.3 Å². The quantitative estimate of drug-likeness (QED) is 0.813. The van der Waals surface area contributed by atoms with Gasteiger partial charge in [0.05, 0.1) is 0 Å². The van der Waals surface area contributed by atoms with Crippen molar-refractivity contribution in [2.24, 2.45) is 0 Å². The van der Waals surface area contributed by atoms with Gasteiger partial charge in [-0.15, -0.1) is 11.3 Å². The Kier molecular flexibility index (Phi) is 5.21. The molecule has 20 heavy (non-hydrogen) atoms. The van der Waals surface area contributed by atoms with E-state index in [0.717, 1.165) is 6.54 Å². The lowest BCUT2D eigenvalue weighted by Gasteiger charge is -2.16. The second-order valence-corrected chi connectivity index (χ2v) is 8.23. The van der Waals surface area contributed by atoms with Crippen molar-refractivity contribution in [2.75, 3.05) is 12.3 Å². The lowest BCUT2D eigenvalue weighted by molar-refractivity contribution is 0.523. The second kappa shape index (κ2) is 7.12. The Labute approximate surface area is 133 Å². The fraction of sp³-hybridized carbons (Fsp3) is 0.500. The van der Waals surface area contributed by atoms with E-state index in [1.807, 2.05) is 11.3 Å². The average Bonchev–Trinajstić information content (AvgIpc) is 3.12. The third-order valence-electron chi connectivity index (χ3n) is 3.74. The Balaban J connectivity index is 1.70. The minimum Gasteiger partial charge on any atom is -0.310 e. The van der Waals surface area contributed by atoms with Crippen molar-refractivity contribution in [3.05, 3.63) is 43.8 Å². The van der Waals surface area contributed by atoms with Gasteiger partial charge in [0.25, 0.3) is 0 Å². The molecular weight excluding hydrogens is 302 g/mol. The van der Waals surface area contributed by atoms with Gasteiger partial charge in [-0.2, -0.15) is 23.1 Å². The highest BCUT2D eigenvalue weighted by Gasteiger charge is 2.18. The topological polar surface area (TPSA) is 12.0 Å². The van der Waals surface area contributed by atoms with E-state index in [9.17, 15) is 0 Å². The summed E-state index contributed by atoms with van der Waals surface area (Å²) in [6.07, 6.45) is 3.66. The zero-order chi connectivity index (χ0) is 13.8. The first-order chi connectivity index (χ1) is 9.86. The standard InChI is InChI=1S/C16H21NS3/c1-2-17-14(4-3-12-5-7-18-10-12)16-9-13-11-19-8-6-15(13)20-16/h5,7,9-10,14,17H,2-4,6,8,11H2,1H3. The maximum Gasteiger partial charge on any atom is 0.0418 e. The summed E-state index contributed by atoms with van der Waals surface area (Å²) in [5, 5.41) is 8.13. The molecule has 2 aromatic rings. The van der Waals surface area contributed by atoms with Gasteiger partial charge < -0.3 is 5.32 Å². The molecule has 3 heterocycles. The van der Waals surface area contributed by atoms with Crippen LogP contribution in [0.3, 0.4) is 0 Å². The number of thiophene rings is 2. The summed E-state index contributed by atoms with van der Waals surface area (Å²) in [5.41, 5.74) is 3.08. The van der Waals surface area contributed by atoms with E-state index in [0.29, 0.717) is 6.04 Å². The molecule has 0 amide bonds. The van der Waals surface area contributed by atoms with Crippen LogP contribution >= 0.6 is 34.4 Å². The van der Waals surface area contributed by atoms with Crippen LogP contribution in [0.1, 0.15) is 40.3 Å². The first kappa shape index (κ1) is 14.6. The van der Waals surface area contributed by atoms with E-state index >= 15 is 0 Å². The van der Waals surface area contributed by atoms with Crippen molar-refractivity contribution in [1.82, 2.24) is 5.32 Å². The lowest BCUT2D eigenvalue weighted by Crippen LogP contribution is -2.20. The van der Waals surface area contributed by atoms with Gasteiger partial charge in [-0.1, -0.05) is 6.92 Å². The Hall–Kier alpha value is -0.290. The van der Waals surface area contributed by atoms with Crippen LogP contribution in [0.4, 0.5) is 0 Å². The highest BCUT2D eigenvalue weighted by Crippen LogP contribution is 2.35. The van der Waals surface area contributed by atoms with Gasteiger partial charge in [0.2, 0.25) is 0 Å². The zero-order valence-electron chi connectivity index (χ0n) is 11.9. The number of hydrogen-bond donors (Lipinski definition) is 1. The van der Waals surface area contributed by atoms with E-state index in [4.69, 9.17) is 0 Å². The molecule has 2 aromatic heterocycles. The largest absolute Gasteiger partial charge is 0.310 e. The predicted molar refractivity (Wildman–Crippen MR) is 93.2 cm³/mol.